The van der Waals surface area contributed by atoms with Gasteiger partial charge >= 0.3 is 0 Å². The van der Waals surface area contributed by atoms with Crippen LogP contribution in [0.1, 0.15) is 19.8 Å². The molecule has 12 heavy (non-hydrogen) atoms. The number of carbonyl (C=O) groups excluding carboxylic acids is 1. The average Bonchev–Trinajstić information content (AvgIpc) is 2.07. The van der Waals surface area contributed by atoms with Crippen molar-refractivity contribution >= 4 is 5.78 Å². The Balaban J connectivity index is 2.75. The lowest BCUT2D eigenvalue weighted by atomic mass is 10.0. The Hall–Kier alpha value is -0.830. The van der Waals surface area contributed by atoms with Gasteiger partial charge < -0.3 is 10.1 Å². The van der Waals surface area contributed by atoms with E-state index in [0.29, 0.717) is 5.76 Å². The van der Waals surface area contributed by atoms with Gasteiger partial charge in [-0.3, -0.25) is 4.79 Å². The SMILES string of the molecule is COC(C(C)=O)=C1CCNCC1. The van der Waals surface area contributed by atoms with Crippen LogP contribution in [0.5, 0.6) is 0 Å². The summed E-state index contributed by atoms with van der Waals surface area (Å²) in [5.74, 6) is 0.603. The van der Waals surface area contributed by atoms with Crippen molar-refractivity contribution in [3.8, 4) is 0 Å². The van der Waals surface area contributed by atoms with Crippen molar-refractivity contribution in [2.75, 3.05) is 20.2 Å². The number of Topliss-reactive ketones (excluding diaryl/α,β-unsaturated/α-hetero) is 1. The first-order valence-electron chi connectivity index (χ1n) is 4.23. The molecule has 1 N–H and O–H groups in total. The monoisotopic (exact) mass is 169 g/mol. The number of methoxy groups -OCH3 is 1. The van der Waals surface area contributed by atoms with E-state index in [1.807, 2.05) is 0 Å². The minimum atomic E-state index is 0.0365. The van der Waals surface area contributed by atoms with Crippen molar-refractivity contribution in [3.63, 3.8) is 0 Å². The van der Waals surface area contributed by atoms with Crippen LogP contribution in [0.2, 0.25) is 0 Å². The molecule has 0 atom stereocenters. The highest BCUT2D eigenvalue weighted by atomic mass is 16.5. The molecule has 1 heterocycles. The molecule has 1 aliphatic heterocycles. The second-order valence-electron chi connectivity index (χ2n) is 2.94. The van der Waals surface area contributed by atoms with E-state index >= 15 is 0 Å². The molecule has 1 aliphatic rings. The third-order valence-electron chi connectivity index (χ3n) is 2.05. The van der Waals surface area contributed by atoms with E-state index in [2.05, 4.69) is 5.32 Å². The van der Waals surface area contributed by atoms with Crippen LogP contribution in [0.25, 0.3) is 0 Å². The summed E-state index contributed by atoms with van der Waals surface area (Å²) in [6.45, 7) is 3.46. The summed E-state index contributed by atoms with van der Waals surface area (Å²) in [4.78, 5) is 11.1. The number of hydrogen-bond acceptors (Lipinski definition) is 3. The highest BCUT2D eigenvalue weighted by molar-refractivity contribution is 5.92. The fraction of sp³-hybridized carbons (Fsp3) is 0.667. The third-order valence-corrected chi connectivity index (χ3v) is 2.05. The van der Waals surface area contributed by atoms with Crippen molar-refractivity contribution in [3.05, 3.63) is 11.3 Å². The van der Waals surface area contributed by atoms with Crippen molar-refractivity contribution in [2.24, 2.45) is 0 Å². The van der Waals surface area contributed by atoms with Gasteiger partial charge in [-0.05, 0) is 31.5 Å². The Kier molecular flexibility index (Phi) is 3.29. The minimum Gasteiger partial charge on any atom is -0.493 e. The lowest BCUT2D eigenvalue weighted by Gasteiger charge is -2.17. The predicted octanol–water partition coefficient (Wildman–Crippen LogP) is 0.859. The number of rotatable bonds is 2. The smallest absolute Gasteiger partial charge is 0.194 e. The Labute approximate surface area is 72.8 Å². The zero-order chi connectivity index (χ0) is 8.97. The molecule has 3 heteroatoms. The molecule has 0 unspecified atom stereocenters. The van der Waals surface area contributed by atoms with Crippen molar-refractivity contribution in [2.45, 2.75) is 19.8 Å². The van der Waals surface area contributed by atoms with Crippen LogP contribution in [0.4, 0.5) is 0 Å². The first-order chi connectivity index (χ1) is 5.75. The first-order valence-corrected chi connectivity index (χ1v) is 4.23. The maximum Gasteiger partial charge on any atom is 0.194 e. The quantitative estimate of drug-likeness (QED) is 0.492. The molecule has 0 amide bonds. The molecule has 0 aromatic carbocycles. The number of nitrogens with one attached hydrogen (secondary N) is 1. The summed E-state index contributed by atoms with van der Waals surface area (Å²) in [7, 11) is 1.56. The Morgan fingerprint density at radius 3 is 2.42 bits per heavy atom. The molecule has 1 rings (SSSR count). The molecule has 68 valence electrons. The maximum absolute atomic E-state index is 11.1. The van der Waals surface area contributed by atoms with E-state index in [1.54, 1.807) is 14.0 Å². The minimum absolute atomic E-state index is 0.0365. The van der Waals surface area contributed by atoms with Crippen LogP contribution in [0.3, 0.4) is 0 Å². The molecule has 1 fully saturated rings. The van der Waals surface area contributed by atoms with Gasteiger partial charge in [0, 0.05) is 6.92 Å². The fourth-order valence-corrected chi connectivity index (χ4v) is 1.49. The zero-order valence-electron chi connectivity index (χ0n) is 7.64. The number of ketones is 1. The largest absolute Gasteiger partial charge is 0.493 e. The van der Waals surface area contributed by atoms with Gasteiger partial charge in [0.2, 0.25) is 0 Å². The molecular formula is C9H15NO2. The van der Waals surface area contributed by atoms with Crippen molar-refractivity contribution < 1.29 is 9.53 Å². The second-order valence-corrected chi connectivity index (χ2v) is 2.94. The Bertz CT molecular complexity index is 201. The molecule has 0 bridgehead atoms. The molecule has 0 aliphatic carbocycles. The molecule has 0 spiro atoms. The number of allylic oxidation sites excluding steroid dienone is 1. The summed E-state index contributed by atoms with van der Waals surface area (Å²) in [5, 5.41) is 3.23. The van der Waals surface area contributed by atoms with Crippen LogP contribution < -0.4 is 5.32 Å². The third kappa shape index (κ3) is 2.08. The number of hydrogen-bond donors (Lipinski definition) is 1. The molecule has 3 nitrogen and oxygen atoms in total. The van der Waals surface area contributed by atoms with Gasteiger partial charge in [-0.2, -0.15) is 0 Å². The average molecular weight is 169 g/mol. The van der Waals surface area contributed by atoms with E-state index in [4.69, 9.17) is 4.74 Å². The van der Waals surface area contributed by atoms with Gasteiger partial charge in [-0.15, -0.1) is 0 Å². The molecular weight excluding hydrogens is 154 g/mol. The Morgan fingerprint density at radius 1 is 1.42 bits per heavy atom. The van der Waals surface area contributed by atoms with Gasteiger partial charge in [0.05, 0.1) is 7.11 Å². The summed E-state index contributed by atoms with van der Waals surface area (Å²) in [5.41, 5.74) is 1.16. The van der Waals surface area contributed by atoms with Crippen LogP contribution in [0.15, 0.2) is 11.3 Å². The Morgan fingerprint density at radius 2 is 2.00 bits per heavy atom. The van der Waals surface area contributed by atoms with E-state index in [1.165, 1.54) is 0 Å². The number of ether oxygens (including phenoxy) is 1. The van der Waals surface area contributed by atoms with Crippen molar-refractivity contribution in [1.29, 1.82) is 0 Å². The first kappa shape index (κ1) is 9.26. The summed E-state index contributed by atoms with van der Waals surface area (Å²) in [6, 6.07) is 0. The second kappa shape index (κ2) is 4.26. The molecule has 1 saturated heterocycles. The zero-order valence-corrected chi connectivity index (χ0v) is 7.64. The molecule has 0 saturated carbocycles. The van der Waals surface area contributed by atoms with Gasteiger partial charge in [0.1, 0.15) is 0 Å². The van der Waals surface area contributed by atoms with E-state index < -0.39 is 0 Å². The van der Waals surface area contributed by atoms with Crippen LogP contribution in [0, 0.1) is 0 Å². The maximum atomic E-state index is 11.1. The van der Waals surface area contributed by atoms with E-state index in [9.17, 15) is 4.79 Å². The van der Waals surface area contributed by atoms with Gasteiger partial charge in [-0.1, -0.05) is 0 Å². The van der Waals surface area contributed by atoms with Crippen molar-refractivity contribution in [1.82, 2.24) is 5.32 Å². The number of carbonyl (C=O) groups is 1. The van der Waals surface area contributed by atoms with Gasteiger partial charge in [0.25, 0.3) is 0 Å². The standard InChI is InChI=1S/C9H15NO2/c1-7(11)9(12-2)8-3-5-10-6-4-8/h10H,3-6H2,1-2H3. The van der Waals surface area contributed by atoms with Crippen LogP contribution in [-0.4, -0.2) is 26.0 Å². The summed E-state index contributed by atoms with van der Waals surface area (Å²) in [6.07, 6.45) is 1.87. The topological polar surface area (TPSA) is 38.3 Å². The lowest BCUT2D eigenvalue weighted by molar-refractivity contribution is -0.116. The highest BCUT2D eigenvalue weighted by Crippen LogP contribution is 2.16. The summed E-state index contributed by atoms with van der Waals surface area (Å²) >= 11 is 0. The molecule has 0 aromatic heterocycles. The molecule has 0 aromatic rings. The predicted molar refractivity (Wildman–Crippen MR) is 46.8 cm³/mol. The van der Waals surface area contributed by atoms with Crippen LogP contribution >= 0.6 is 0 Å². The molecule has 0 radical (unpaired) electrons. The lowest BCUT2D eigenvalue weighted by Crippen LogP contribution is -2.24. The van der Waals surface area contributed by atoms with E-state index in [0.717, 1.165) is 31.5 Å². The van der Waals surface area contributed by atoms with Crippen LogP contribution in [-0.2, 0) is 9.53 Å². The van der Waals surface area contributed by atoms with Gasteiger partial charge in [0.15, 0.2) is 11.5 Å². The summed E-state index contributed by atoms with van der Waals surface area (Å²) < 4.78 is 5.05. The highest BCUT2D eigenvalue weighted by Gasteiger charge is 2.14. The normalized spacial score (nSPS) is 17.3. The van der Waals surface area contributed by atoms with E-state index in [-0.39, 0.29) is 5.78 Å². The fourth-order valence-electron chi connectivity index (χ4n) is 1.49. The van der Waals surface area contributed by atoms with Gasteiger partial charge in [-0.25, -0.2) is 0 Å². The number of piperidine rings is 1.